The van der Waals surface area contributed by atoms with Crippen LogP contribution in [0.15, 0.2) is 0 Å². The topological polar surface area (TPSA) is 41.5 Å². The summed E-state index contributed by atoms with van der Waals surface area (Å²) < 4.78 is 5.78. The zero-order valence-electron chi connectivity index (χ0n) is 12.0. The molecule has 0 heterocycles. The molecule has 0 aliphatic heterocycles. The maximum Gasteiger partial charge on any atom is 0.0658 e. The van der Waals surface area contributed by atoms with Crippen LogP contribution in [0, 0.1) is 10.8 Å². The molecule has 1 aliphatic rings. The highest BCUT2D eigenvalue weighted by Gasteiger charge is 2.50. The molecule has 102 valence electrons. The van der Waals surface area contributed by atoms with Gasteiger partial charge in [0.25, 0.3) is 0 Å². The van der Waals surface area contributed by atoms with Gasteiger partial charge in [0.15, 0.2) is 0 Å². The minimum Gasteiger partial charge on any atom is -0.396 e. The minimum absolute atomic E-state index is 0.0364. The number of aliphatic hydroxyl groups excluding tert-OH is 1. The molecule has 2 N–H and O–H groups in total. The average molecular weight is 243 g/mol. The molecule has 1 fully saturated rings. The van der Waals surface area contributed by atoms with E-state index >= 15 is 0 Å². The van der Waals surface area contributed by atoms with E-state index in [9.17, 15) is 5.11 Å². The summed E-state index contributed by atoms with van der Waals surface area (Å²) in [7, 11) is 0. The Bertz CT molecular complexity index is 242. The van der Waals surface area contributed by atoms with Crippen molar-refractivity contribution in [2.45, 2.75) is 59.6 Å². The Morgan fingerprint density at radius 3 is 2.53 bits per heavy atom. The van der Waals surface area contributed by atoms with Crippen molar-refractivity contribution < 1.29 is 9.84 Å². The van der Waals surface area contributed by atoms with Crippen molar-refractivity contribution in [3.05, 3.63) is 0 Å². The maximum atomic E-state index is 9.26. The van der Waals surface area contributed by atoms with Gasteiger partial charge in [0.1, 0.15) is 0 Å². The summed E-state index contributed by atoms with van der Waals surface area (Å²) in [6.07, 6.45) is 2.63. The second kappa shape index (κ2) is 5.68. The van der Waals surface area contributed by atoms with E-state index in [-0.39, 0.29) is 17.4 Å². The van der Waals surface area contributed by atoms with Crippen LogP contribution >= 0.6 is 0 Å². The summed E-state index contributed by atoms with van der Waals surface area (Å²) in [5.41, 5.74) is 0.215. The highest BCUT2D eigenvalue weighted by atomic mass is 16.5. The molecular weight excluding hydrogens is 214 g/mol. The molecular formula is C14H29NO2. The van der Waals surface area contributed by atoms with Crippen LogP contribution < -0.4 is 5.32 Å². The third-order valence-electron chi connectivity index (χ3n) is 4.37. The van der Waals surface area contributed by atoms with Crippen molar-refractivity contribution in [2.24, 2.45) is 10.8 Å². The molecule has 3 nitrogen and oxygen atoms in total. The molecule has 3 heteroatoms. The van der Waals surface area contributed by atoms with E-state index in [4.69, 9.17) is 4.74 Å². The molecule has 0 aromatic carbocycles. The highest BCUT2D eigenvalue weighted by molar-refractivity contribution is 5.05. The average Bonchev–Trinajstić information content (AvgIpc) is 2.31. The predicted molar refractivity (Wildman–Crippen MR) is 71.1 cm³/mol. The number of ether oxygens (including phenoxy) is 1. The fourth-order valence-corrected chi connectivity index (χ4v) is 2.52. The molecule has 0 amide bonds. The Labute approximate surface area is 106 Å². The number of nitrogens with one attached hydrogen (secondary N) is 1. The van der Waals surface area contributed by atoms with Gasteiger partial charge in [0.2, 0.25) is 0 Å². The summed E-state index contributed by atoms with van der Waals surface area (Å²) >= 11 is 0. The van der Waals surface area contributed by atoms with Crippen molar-refractivity contribution >= 4 is 0 Å². The molecule has 1 saturated carbocycles. The first-order chi connectivity index (χ1) is 7.89. The number of aliphatic hydroxyl groups is 1. The molecule has 0 aromatic rings. The molecule has 0 bridgehead atoms. The normalized spacial score (nSPS) is 33.5. The van der Waals surface area contributed by atoms with Gasteiger partial charge in [-0.15, -0.1) is 0 Å². The third-order valence-corrected chi connectivity index (χ3v) is 4.37. The molecule has 3 unspecified atom stereocenters. The lowest BCUT2D eigenvalue weighted by atomic mass is 9.61. The molecule has 1 aliphatic carbocycles. The number of hydrogen-bond acceptors (Lipinski definition) is 3. The van der Waals surface area contributed by atoms with Gasteiger partial charge >= 0.3 is 0 Å². The standard InChI is InChI=1S/C14H29NO2/c1-6-14(5)11(8-12(14)17-7-2)15-9-13(3,4)10-16/h11-12,15-16H,6-10H2,1-5H3. The van der Waals surface area contributed by atoms with E-state index in [0.29, 0.717) is 12.1 Å². The van der Waals surface area contributed by atoms with Gasteiger partial charge in [-0.25, -0.2) is 0 Å². The van der Waals surface area contributed by atoms with E-state index in [2.05, 4.69) is 39.9 Å². The van der Waals surface area contributed by atoms with Crippen LogP contribution in [0.3, 0.4) is 0 Å². The Kier molecular flexibility index (Phi) is 4.99. The molecule has 0 saturated heterocycles. The van der Waals surface area contributed by atoms with Crippen molar-refractivity contribution in [1.82, 2.24) is 5.32 Å². The van der Waals surface area contributed by atoms with Crippen LogP contribution in [0.25, 0.3) is 0 Å². The summed E-state index contributed by atoms with van der Waals surface area (Å²) in [5.74, 6) is 0. The first-order valence-electron chi connectivity index (χ1n) is 6.85. The van der Waals surface area contributed by atoms with Gasteiger partial charge in [-0.3, -0.25) is 0 Å². The second-order valence-electron chi connectivity index (χ2n) is 6.29. The van der Waals surface area contributed by atoms with Crippen molar-refractivity contribution in [2.75, 3.05) is 19.8 Å². The zero-order valence-corrected chi connectivity index (χ0v) is 12.0. The van der Waals surface area contributed by atoms with Gasteiger partial charge in [-0.2, -0.15) is 0 Å². The summed E-state index contributed by atoms with van der Waals surface area (Å²) in [6, 6.07) is 0.523. The smallest absolute Gasteiger partial charge is 0.0658 e. The number of rotatable bonds is 7. The lowest BCUT2D eigenvalue weighted by molar-refractivity contribution is -0.127. The van der Waals surface area contributed by atoms with E-state index < -0.39 is 0 Å². The zero-order chi connectivity index (χ0) is 13.1. The van der Waals surface area contributed by atoms with Crippen LogP contribution in [0.5, 0.6) is 0 Å². The fraction of sp³-hybridized carbons (Fsp3) is 1.00. The Balaban J connectivity index is 2.46. The lowest BCUT2D eigenvalue weighted by Crippen LogP contribution is -2.63. The van der Waals surface area contributed by atoms with Gasteiger partial charge in [-0.1, -0.05) is 27.7 Å². The van der Waals surface area contributed by atoms with Crippen LogP contribution in [-0.4, -0.2) is 37.0 Å². The molecule has 3 atom stereocenters. The van der Waals surface area contributed by atoms with Crippen molar-refractivity contribution in [3.63, 3.8) is 0 Å². The van der Waals surface area contributed by atoms with Gasteiger partial charge < -0.3 is 15.2 Å². The number of hydrogen-bond donors (Lipinski definition) is 2. The monoisotopic (exact) mass is 243 g/mol. The summed E-state index contributed by atoms with van der Waals surface area (Å²) in [4.78, 5) is 0. The lowest BCUT2D eigenvalue weighted by Gasteiger charge is -2.54. The van der Waals surface area contributed by atoms with E-state index in [1.807, 2.05) is 0 Å². The SMILES string of the molecule is CCOC1CC(NCC(C)(C)CO)C1(C)CC. The Hall–Kier alpha value is -0.120. The van der Waals surface area contributed by atoms with Gasteiger partial charge in [0.05, 0.1) is 6.10 Å². The van der Waals surface area contributed by atoms with Crippen LogP contribution in [0.1, 0.15) is 47.5 Å². The Morgan fingerprint density at radius 2 is 2.06 bits per heavy atom. The molecule has 17 heavy (non-hydrogen) atoms. The molecule has 0 aromatic heterocycles. The fourth-order valence-electron chi connectivity index (χ4n) is 2.52. The van der Waals surface area contributed by atoms with Crippen molar-refractivity contribution in [3.8, 4) is 0 Å². The molecule has 1 rings (SSSR count). The van der Waals surface area contributed by atoms with Gasteiger partial charge in [-0.05, 0) is 19.8 Å². The predicted octanol–water partition coefficient (Wildman–Crippen LogP) is 2.19. The largest absolute Gasteiger partial charge is 0.396 e. The van der Waals surface area contributed by atoms with Gasteiger partial charge in [0, 0.05) is 36.6 Å². The van der Waals surface area contributed by atoms with Crippen LogP contribution in [-0.2, 0) is 4.74 Å². The first kappa shape index (κ1) is 14.9. The van der Waals surface area contributed by atoms with Crippen molar-refractivity contribution in [1.29, 1.82) is 0 Å². The second-order valence-corrected chi connectivity index (χ2v) is 6.29. The molecule has 0 radical (unpaired) electrons. The van der Waals surface area contributed by atoms with Crippen LogP contribution in [0.2, 0.25) is 0 Å². The third kappa shape index (κ3) is 3.21. The quantitative estimate of drug-likeness (QED) is 0.720. The minimum atomic E-state index is -0.0364. The van der Waals surface area contributed by atoms with E-state index in [1.54, 1.807) is 0 Å². The molecule has 0 spiro atoms. The van der Waals surface area contributed by atoms with Crippen LogP contribution in [0.4, 0.5) is 0 Å². The summed E-state index contributed by atoms with van der Waals surface area (Å²) in [5, 5.41) is 12.9. The maximum absolute atomic E-state index is 9.26. The Morgan fingerprint density at radius 1 is 1.41 bits per heavy atom. The van der Waals surface area contributed by atoms with E-state index in [1.165, 1.54) is 0 Å². The summed E-state index contributed by atoms with van der Waals surface area (Å²) in [6.45, 7) is 12.7. The highest BCUT2D eigenvalue weighted by Crippen LogP contribution is 2.46. The first-order valence-corrected chi connectivity index (χ1v) is 6.85. The van der Waals surface area contributed by atoms with E-state index in [0.717, 1.165) is 26.0 Å².